The van der Waals surface area contributed by atoms with Gasteiger partial charge in [-0.2, -0.15) is 0 Å². The van der Waals surface area contributed by atoms with Crippen molar-refractivity contribution in [1.29, 1.82) is 0 Å². The lowest BCUT2D eigenvalue weighted by Gasteiger charge is -2.11. The van der Waals surface area contributed by atoms with E-state index in [1.165, 1.54) is 0 Å². The molecule has 0 atom stereocenters. The zero-order chi connectivity index (χ0) is 20.8. The van der Waals surface area contributed by atoms with E-state index in [0.717, 1.165) is 11.1 Å². The lowest BCUT2D eigenvalue weighted by Crippen LogP contribution is -2.00. The fraction of sp³-hybridized carbons (Fsp3) is 0.0909. The van der Waals surface area contributed by atoms with Crippen LogP contribution in [0.2, 0.25) is 10.0 Å². The quantitative estimate of drug-likeness (QED) is 0.465. The van der Waals surface area contributed by atoms with E-state index in [4.69, 9.17) is 37.8 Å². The smallest absolute Gasteiger partial charge is 0.335 e. The summed E-state index contributed by atoms with van der Waals surface area (Å²) >= 11 is 11.9. The van der Waals surface area contributed by atoms with Gasteiger partial charge >= 0.3 is 5.97 Å². The van der Waals surface area contributed by atoms with Gasteiger partial charge in [0.2, 0.25) is 0 Å². The molecule has 0 amide bonds. The molecule has 3 aromatic carbocycles. The van der Waals surface area contributed by atoms with Crippen LogP contribution in [0.3, 0.4) is 0 Å². The molecule has 0 aliphatic heterocycles. The number of hydrogen-bond donors (Lipinski definition) is 1. The number of hydrogen-bond acceptors (Lipinski definition) is 4. The maximum absolute atomic E-state index is 10.9. The minimum atomic E-state index is -0.961. The van der Waals surface area contributed by atoms with Crippen LogP contribution in [0.4, 0.5) is 5.69 Å². The van der Waals surface area contributed by atoms with Gasteiger partial charge in [0.1, 0.15) is 6.61 Å². The Bertz CT molecular complexity index is 1050. The van der Waals surface area contributed by atoms with Gasteiger partial charge in [0.25, 0.3) is 0 Å². The van der Waals surface area contributed by atoms with E-state index in [0.29, 0.717) is 27.2 Å². The average molecular weight is 430 g/mol. The van der Waals surface area contributed by atoms with E-state index in [9.17, 15) is 4.79 Å². The lowest BCUT2D eigenvalue weighted by atomic mass is 10.1. The number of benzene rings is 3. The Morgan fingerprint density at radius 2 is 1.76 bits per heavy atom. The van der Waals surface area contributed by atoms with Crippen LogP contribution in [0.15, 0.2) is 65.7 Å². The van der Waals surface area contributed by atoms with Gasteiger partial charge in [0.05, 0.1) is 28.4 Å². The summed E-state index contributed by atoms with van der Waals surface area (Å²) in [7, 11) is 1.56. The minimum Gasteiger partial charge on any atom is -0.493 e. The van der Waals surface area contributed by atoms with Gasteiger partial charge < -0.3 is 14.6 Å². The van der Waals surface area contributed by atoms with Crippen LogP contribution in [0.25, 0.3) is 0 Å². The van der Waals surface area contributed by atoms with Gasteiger partial charge in [-0.1, -0.05) is 35.3 Å². The molecule has 0 aliphatic rings. The van der Waals surface area contributed by atoms with E-state index in [1.54, 1.807) is 61.9 Å². The highest BCUT2D eigenvalue weighted by Gasteiger charge is 2.07. The molecule has 0 aromatic heterocycles. The molecular weight excluding hydrogens is 413 g/mol. The molecule has 0 spiro atoms. The first-order valence-electron chi connectivity index (χ1n) is 8.58. The number of ether oxygens (including phenoxy) is 2. The van der Waals surface area contributed by atoms with E-state index in [-0.39, 0.29) is 12.2 Å². The van der Waals surface area contributed by atoms with E-state index in [2.05, 4.69) is 4.99 Å². The third-order valence-corrected chi connectivity index (χ3v) is 4.79. The monoisotopic (exact) mass is 429 g/mol. The van der Waals surface area contributed by atoms with Crippen molar-refractivity contribution in [2.45, 2.75) is 6.61 Å². The standard InChI is InChI=1S/C22H17Cl2NO4/c1-28-21-10-15(12-25-17-7-8-18(23)19(24)11-17)4-9-20(21)29-13-14-2-5-16(6-3-14)22(26)27/h2-12H,13H2,1H3,(H,26,27). The van der Waals surface area contributed by atoms with Crippen LogP contribution in [0.1, 0.15) is 21.5 Å². The molecule has 0 unspecified atom stereocenters. The summed E-state index contributed by atoms with van der Waals surface area (Å²) in [5.74, 6) is 0.170. The Hall–Kier alpha value is -3.02. The number of carboxylic acid groups (broad SMARTS) is 1. The summed E-state index contributed by atoms with van der Waals surface area (Å²) < 4.78 is 11.2. The van der Waals surface area contributed by atoms with Crippen LogP contribution < -0.4 is 9.47 Å². The van der Waals surface area contributed by atoms with Crippen LogP contribution in [0, 0.1) is 0 Å². The highest BCUT2D eigenvalue weighted by Crippen LogP contribution is 2.29. The number of aliphatic imine (C=N–C) groups is 1. The molecule has 0 bridgehead atoms. The predicted molar refractivity (Wildman–Crippen MR) is 114 cm³/mol. The van der Waals surface area contributed by atoms with Crippen molar-refractivity contribution in [3.8, 4) is 11.5 Å². The molecule has 0 saturated carbocycles. The molecule has 0 radical (unpaired) electrons. The topological polar surface area (TPSA) is 68.1 Å². The molecule has 0 aliphatic carbocycles. The highest BCUT2D eigenvalue weighted by atomic mass is 35.5. The van der Waals surface area contributed by atoms with Crippen molar-refractivity contribution < 1.29 is 19.4 Å². The summed E-state index contributed by atoms with van der Waals surface area (Å²) in [6, 6.07) is 17.1. The van der Waals surface area contributed by atoms with Gasteiger partial charge in [-0.3, -0.25) is 4.99 Å². The van der Waals surface area contributed by atoms with Crippen molar-refractivity contribution in [1.82, 2.24) is 0 Å². The van der Waals surface area contributed by atoms with Crippen LogP contribution in [-0.4, -0.2) is 24.4 Å². The maximum Gasteiger partial charge on any atom is 0.335 e. The number of aromatic carboxylic acids is 1. The van der Waals surface area contributed by atoms with Gasteiger partial charge in [-0.05, 0) is 59.7 Å². The summed E-state index contributed by atoms with van der Waals surface area (Å²) in [6.07, 6.45) is 1.69. The van der Waals surface area contributed by atoms with Gasteiger partial charge in [0, 0.05) is 6.21 Å². The number of carboxylic acids is 1. The van der Waals surface area contributed by atoms with Crippen LogP contribution in [-0.2, 0) is 6.61 Å². The second kappa shape index (κ2) is 9.45. The fourth-order valence-corrected chi connectivity index (χ4v) is 2.80. The predicted octanol–water partition coefficient (Wildman–Crippen LogP) is 6.03. The maximum atomic E-state index is 10.9. The largest absolute Gasteiger partial charge is 0.493 e. The Morgan fingerprint density at radius 3 is 2.41 bits per heavy atom. The van der Waals surface area contributed by atoms with Crippen molar-refractivity contribution in [3.05, 3.63) is 87.4 Å². The molecule has 0 fully saturated rings. The minimum absolute atomic E-state index is 0.233. The summed E-state index contributed by atoms with van der Waals surface area (Å²) in [5, 5.41) is 9.87. The number of methoxy groups -OCH3 is 1. The van der Waals surface area contributed by atoms with Crippen molar-refractivity contribution in [2.75, 3.05) is 7.11 Å². The molecule has 3 aromatic rings. The molecule has 7 heteroatoms. The van der Waals surface area contributed by atoms with Gasteiger partial charge in [-0.15, -0.1) is 0 Å². The molecule has 1 N–H and O–H groups in total. The Morgan fingerprint density at radius 1 is 1.00 bits per heavy atom. The molecule has 0 heterocycles. The third-order valence-electron chi connectivity index (χ3n) is 4.05. The molecular formula is C22H17Cl2NO4. The first-order chi connectivity index (χ1) is 14.0. The highest BCUT2D eigenvalue weighted by molar-refractivity contribution is 6.42. The normalized spacial score (nSPS) is 10.9. The average Bonchev–Trinajstić information content (AvgIpc) is 2.73. The lowest BCUT2D eigenvalue weighted by molar-refractivity contribution is 0.0697. The van der Waals surface area contributed by atoms with E-state index >= 15 is 0 Å². The van der Waals surface area contributed by atoms with Crippen molar-refractivity contribution in [2.24, 2.45) is 4.99 Å². The molecule has 3 rings (SSSR count). The summed E-state index contributed by atoms with van der Waals surface area (Å²) in [4.78, 5) is 15.3. The van der Waals surface area contributed by atoms with Crippen LogP contribution in [0.5, 0.6) is 11.5 Å². The Labute approximate surface area is 178 Å². The Kier molecular flexibility index (Phi) is 6.75. The first-order valence-corrected chi connectivity index (χ1v) is 9.34. The molecule has 148 valence electrons. The molecule has 0 saturated heterocycles. The van der Waals surface area contributed by atoms with Crippen LogP contribution >= 0.6 is 23.2 Å². The SMILES string of the molecule is COc1cc(C=Nc2ccc(Cl)c(Cl)c2)ccc1OCc1ccc(C(=O)O)cc1. The zero-order valence-corrected chi connectivity index (χ0v) is 16.9. The fourth-order valence-electron chi connectivity index (χ4n) is 2.50. The number of nitrogens with zero attached hydrogens (tertiary/aromatic N) is 1. The molecule has 5 nitrogen and oxygen atoms in total. The summed E-state index contributed by atoms with van der Waals surface area (Å²) in [5.41, 5.74) is 2.59. The third kappa shape index (κ3) is 5.50. The summed E-state index contributed by atoms with van der Waals surface area (Å²) in [6.45, 7) is 0.285. The van der Waals surface area contributed by atoms with E-state index in [1.807, 2.05) is 12.1 Å². The van der Waals surface area contributed by atoms with Gasteiger partial charge in [0.15, 0.2) is 11.5 Å². The number of rotatable bonds is 7. The number of halogens is 2. The molecule has 29 heavy (non-hydrogen) atoms. The Balaban J connectivity index is 1.70. The first kappa shape index (κ1) is 20.7. The van der Waals surface area contributed by atoms with E-state index < -0.39 is 5.97 Å². The van der Waals surface area contributed by atoms with Crippen molar-refractivity contribution in [3.63, 3.8) is 0 Å². The van der Waals surface area contributed by atoms with Gasteiger partial charge in [-0.25, -0.2) is 4.79 Å². The second-order valence-corrected chi connectivity index (χ2v) is 6.87. The van der Waals surface area contributed by atoms with Crippen molar-refractivity contribution >= 4 is 41.1 Å². The number of carbonyl (C=O) groups is 1. The second-order valence-electron chi connectivity index (χ2n) is 6.06. The zero-order valence-electron chi connectivity index (χ0n) is 15.4.